The molecule has 0 saturated carbocycles. The van der Waals surface area contributed by atoms with Crippen LogP contribution in [0.5, 0.6) is 0 Å². The Bertz CT molecular complexity index is 145. The molecule has 0 spiro atoms. The van der Waals surface area contributed by atoms with E-state index in [1.807, 2.05) is 0 Å². The number of carboxylic acids is 1. The highest BCUT2D eigenvalue weighted by molar-refractivity contribution is 5.78. The van der Waals surface area contributed by atoms with E-state index >= 15 is 0 Å². The topological polar surface area (TPSA) is 89.6 Å². The number of aliphatic carboxylic acids is 1. The molecule has 1 atom stereocenters. The Balaban J connectivity index is 3.49. The van der Waals surface area contributed by atoms with Gasteiger partial charge in [0.25, 0.3) is 0 Å². The number of rotatable bonds is 4. The van der Waals surface area contributed by atoms with Crippen molar-refractivity contribution in [2.24, 2.45) is 5.73 Å². The van der Waals surface area contributed by atoms with E-state index in [0.717, 1.165) is 0 Å². The first-order chi connectivity index (χ1) is 4.54. The van der Waals surface area contributed by atoms with E-state index in [0.29, 0.717) is 0 Å². The Morgan fingerprint density at radius 1 is 1.70 bits per heavy atom. The molecule has 1 unspecified atom stereocenters. The maximum Gasteiger partial charge on any atom is 0.329 e. The van der Waals surface area contributed by atoms with Gasteiger partial charge in [-0.2, -0.15) is 0 Å². The first-order valence-electron chi connectivity index (χ1n) is 2.66. The van der Waals surface area contributed by atoms with Crippen molar-refractivity contribution in [1.29, 1.82) is 0 Å². The maximum absolute atomic E-state index is 10.2. The summed E-state index contributed by atoms with van der Waals surface area (Å²) in [6.07, 6.45) is -0.837. The standard InChI is InChI=1S/C5H9NO4/c1-3(5(6)9)10-2-4(7)8/h3H,2H2,1H3,(H2,6,9)(H,7,8). The molecule has 0 radical (unpaired) electrons. The molecule has 5 heteroatoms. The van der Waals surface area contributed by atoms with Crippen LogP contribution >= 0.6 is 0 Å². The van der Waals surface area contributed by atoms with Gasteiger partial charge in [0.2, 0.25) is 5.91 Å². The molecule has 10 heavy (non-hydrogen) atoms. The van der Waals surface area contributed by atoms with Crippen LogP contribution in [0.25, 0.3) is 0 Å². The molecule has 0 aromatic carbocycles. The number of carbonyl (C=O) groups is 2. The first-order valence-corrected chi connectivity index (χ1v) is 2.66. The molecule has 0 aliphatic heterocycles. The van der Waals surface area contributed by atoms with Crippen molar-refractivity contribution in [3.8, 4) is 0 Å². The van der Waals surface area contributed by atoms with Gasteiger partial charge in [-0.1, -0.05) is 0 Å². The number of ether oxygens (including phenoxy) is 1. The van der Waals surface area contributed by atoms with E-state index in [-0.39, 0.29) is 0 Å². The van der Waals surface area contributed by atoms with Crippen molar-refractivity contribution < 1.29 is 19.4 Å². The zero-order chi connectivity index (χ0) is 8.15. The monoisotopic (exact) mass is 147 g/mol. The summed E-state index contributed by atoms with van der Waals surface area (Å²) in [7, 11) is 0. The molecule has 0 aromatic rings. The molecular formula is C5H9NO4. The lowest BCUT2D eigenvalue weighted by Crippen LogP contribution is -2.29. The van der Waals surface area contributed by atoms with Gasteiger partial charge in [0.15, 0.2) is 0 Å². The molecule has 58 valence electrons. The summed E-state index contributed by atoms with van der Waals surface area (Å²) < 4.78 is 4.49. The summed E-state index contributed by atoms with van der Waals surface area (Å²) in [6, 6.07) is 0. The minimum atomic E-state index is -1.12. The number of amides is 1. The van der Waals surface area contributed by atoms with E-state index in [2.05, 4.69) is 4.74 Å². The third-order valence-electron chi connectivity index (χ3n) is 0.857. The molecule has 0 aromatic heterocycles. The highest BCUT2D eigenvalue weighted by Crippen LogP contribution is 1.87. The van der Waals surface area contributed by atoms with Crippen LogP contribution in [0.15, 0.2) is 0 Å². The molecule has 0 saturated heterocycles. The van der Waals surface area contributed by atoms with Crippen LogP contribution in [0, 0.1) is 0 Å². The van der Waals surface area contributed by atoms with Crippen molar-refractivity contribution in [2.45, 2.75) is 13.0 Å². The van der Waals surface area contributed by atoms with Crippen molar-refractivity contribution in [3.63, 3.8) is 0 Å². The summed E-state index contributed by atoms with van der Waals surface area (Å²) in [5, 5.41) is 8.07. The SMILES string of the molecule is CC(OCC(=O)O)C(N)=O. The molecule has 0 fully saturated rings. The fourth-order valence-corrected chi connectivity index (χ4v) is 0.278. The van der Waals surface area contributed by atoms with Gasteiger partial charge >= 0.3 is 5.97 Å². The van der Waals surface area contributed by atoms with Crippen molar-refractivity contribution in [2.75, 3.05) is 6.61 Å². The number of hydrogen-bond acceptors (Lipinski definition) is 3. The average Bonchev–Trinajstić information content (AvgIpc) is 1.82. The van der Waals surface area contributed by atoms with Gasteiger partial charge in [-0.3, -0.25) is 4.79 Å². The van der Waals surface area contributed by atoms with Crippen molar-refractivity contribution in [1.82, 2.24) is 0 Å². The summed E-state index contributed by atoms with van der Waals surface area (Å²) >= 11 is 0. The molecule has 0 aliphatic carbocycles. The van der Waals surface area contributed by atoms with Crippen molar-refractivity contribution in [3.05, 3.63) is 0 Å². The average molecular weight is 147 g/mol. The van der Waals surface area contributed by atoms with Crippen LogP contribution in [0.2, 0.25) is 0 Å². The fourth-order valence-electron chi connectivity index (χ4n) is 0.278. The molecule has 0 heterocycles. The number of carboxylic acid groups (broad SMARTS) is 1. The number of nitrogens with two attached hydrogens (primary N) is 1. The van der Waals surface area contributed by atoms with Gasteiger partial charge in [-0.15, -0.1) is 0 Å². The lowest BCUT2D eigenvalue weighted by molar-refractivity contribution is -0.146. The summed E-state index contributed by atoms with van der Waals surface area (Å²) in [5.74, 6) is -1.78. The Morgan fingerprint density at radius 3 is 2.50 bits per heavy atom. The Labute approximate surface area is 57.8 Å². The van der Waals surface area contributed by atoms with Gasteiger partial charge in [-0.05, 0) is 6.92 Å². The predicted molar refractivity (Wildman–Crippen MR) is 32.2 cm³/mol. The van der Waals surface area contributed by atoms with E-state index in [4.69, 9.17) is 10.8 Å². The second kappa shape index (κ2) is 3.84. The maximum atomic E-state index is 10.2. The van der Waals surface area contributed by atoms with Crippen LogP contribution in [0.3, 0.4) is 0 Å². The third-order valence-corrected chi connectivity index (χ3v) is 0.857. The van der Waals surface area contributed by atoms with Crippen LogP contribution in [-0.2, 0) is 14.3 Å². The summed E-state index contributed by atoms with van der Waals surface area (Å²) in [5.41, 5.74) is 4.77. The predicted octanol–water partition coefficient (Wildman–Crippen LogP) is -1.04. The second-order valence-electron chi connectivity index (χ2n) is 1.75. The zero-order valence-electron chi connectivity index (χ0n) is 5.53. The van der Waals surface area contributed by atoms with E-state index in [1.54, 1.807) is 0 Å². The zero-order valence-corrected chi connectivity index (χ0v) is 5.53. The van der Waals surface area contributed by atoms with Crippen molar-refractivity contribution >= 4 is 11.9 Å². The normalized spacial score (nSPS) is 12.5. The summed E-state index contributed by atoms with van der Waals surface area (Å²) in [6.45, 7) is 0.898. The Hall–Kier alpha value is -1.10. The smallest absolute Gasteiger partial charge is 0.329 e. The molecule has 0 rings (SSSR count). The highest BCUT2D eigenvalue weighted by atomic mass is 16.5. The van der Waals surface area contributed by atoms with Gasteiger partial charge in [0, 0.05) is 0 Å². The van der Waals surface area contributed by atoms with Crippen LogP contribution in [0.1, 0.15) is 6.92 Å². The van der Waals surface area contributed by atoms with Gasteiger partial charge < -0.3 is 15.6 Å². The fraction of sp³-hybridized carbons (Fsp3) is 0.600. The highest BCUT2D eigenvalue weighted by Gasteiger charge is 2.09. The number of primary amides is 1. The molecular weight excluding hydrogens is 138 g/mol. The van der Waals surface area contributed by atoms with Gasteiger partial charge in [0.05, 0.1) is 0 Å². The quantitative estimate of drug-likeness (QED) is 0.531. The van der Waals surface area contributed by atoms with E-state index < -0.39 is 24.6 Å². The van der Waals surface area contributed by atoms with Crippen LogP contribution in [0.4, 0.5) is 0 Å². The number of carbonyl (C=O) groups excluding carboxylic acids is 1. The number of hydrogen-bond donors (Lipinski definition) is 2. The van der Waals surface area contributed by atoms with E-state index in [9.17, 15) is 9.59 Å². The van der Waals surface area contributed by atoms with Gasteiger partial charge in [-0.25, -0.2) is 4.79 Å². The minimum absolute atomic E-state index is 0.496. The lowest BCUT2D eigenvalue weighted by Gasteiger charge is -2.04. The minimum Gasteiger partial charge on any atom is -0.480 e. The van der Waals surface area contributed by atoms with Crippen LogP contribution in [-0.4, -0.2) is 29.7 Å². The Kier molecular flexibility index (Phi) is 3.42. The third kappa shape index (κ3) is 3.85. The largest absolute Gasteiger partial charge is 0.480 e. The Morgan fingerprint density at radius 2 is 2.20 bits per heavy atom. The molecule has 3 N–H and O–H groups in total. The van der Waals surface area contributed by atoms with E-state index in [1.165, 1.54) is 6.92 Å². The molecule has 0 bridgehead atoms. The lowest BCUT2D eigenvalue weighted by atomic mass is 10.4. The molecule has 0 aliphatic rings. The second-order valence-corrected chi connectivity index (χ2v) is 1.75. The summed E-state index contributed by atoms with van der Waals surface area (Å²) in [4.78, 5) is 20.1. The van der Waals surface area contributed by atoms with Gasteiger partial charge in [0.1, 0.15) is 12.7 Å². The van der Waals surface area contributed by atoms with Crippen LogP contribution < -0.4 is 5.73 Å². The molecule has 1 amide bonds. The molecule has 5 nitrogen and oxygen atoms in total. The first kappa shape index (κ1) is 8.90.